The third kappa shape index (κ3) is 5.89. The number of hydrogen-bond acceptors (Lipinski definition) is 3. The molecule has 0 unspecified atom stereocenters. The van der Waals surface area contributed by atoms with Crippen LogP contribution in [-0.2, 0) is 6.54 Å². The largest absolute Gasteiger partial charge is 0.389 e. The first-order valence-electron chi connectivity index (χ1n) is 5.50. The van der Waals surface area contributed by atoms with Crippen LogP contribution < -0.4 is 5.32 Å². The van der Waals surface area contributed by atoms with Crippen LogP contribution >= 0.6 is 11.6 Å². The molecule has 0 fully saturated rings. The van der Waals surface area contributed by atoms with Crippen LogP contribution in [0.4, 0.5) is 18.9 Å². The van der Waals surface area contributed by atoms with Gasteiger partial charge in [0.1, 0.15) is 0 Å². The maximum atomic E-state index is 11.9. The summed E-state index contributed by atoms with van der Waals surface area (Å²) in [6.45, 7) is 0.358. The molecule has 0 atom stereocenters. The standard InChI is InChI=1S/C11H12ClF3N2O2/c12-10-3-2-9(17(18)19)6-8(10)7-16-5-1-4-11(13,14)15/h2-3,6,16H,1,4-5,7H2. The molecular formula is C11H12ClF3N2O2. The molecule has 0 saturated carbocycles. The van der Waals surface area contributed by atoms with Gasteiger partial charge in [-0.3, -0.25) is 10.1 Å². The number of nitro groups is 1. The molecule has 8 heteroatoms. The Balaban J connectivity index is 2.45. The summed E-state index contributed by atoms with van der Waals surface area (Å²) in [5.74, 6) is 0. The maximum absolute atomic E-state index is 11.9. The van der Waals surface area contributed by atoms with Crippen LogP contribution in [0.15, 0.2) is 18.2 Å². The predicted octanol–water partition coefficient (Wildman–Crippen LogP) is 3.68. The van der Waals surface area contributed by atoms with Crippen LogP contribution in [0.3, 0.4) is 0 Å². The van der Waals surface area contributed by atoms with Crippen LogP contribution in [0.2, 0.25) is 5.02 Å². The van der Waals surface area contributed by atoms with Crippen molar-refractivity contribution in [3.05, 3.63) is 38.9 Å². The molecule has 0 aliphatic heterocycles. The van der Waals surface area contributed by atoms with Gasteiger partial charge < -0.3 is 5.32 Å². The normalized spacial score (nSPS) is 11.6. The van der Waals surface area contributed by atoms with Gasteiger partial charge in [-0.15, -0.1) is 0 Å². The Bertz CT molecular complexity index is 452. The smallest absolute Gasteiger partial charge is 0.313 e. The van der Waals surface area contributed by atoms with Gasteiger partial charge in [-0.1, -0.05) is 11.6 Å². The lowest BCUT2D eigenvalue weighted by atomic mass is 10.2. The van der Waals surface area contributed by atoms with E-state index >= 15 is 0 Å². The van der Waals surface area contributed by atoms with Gasteiger partial charge in [-0.25, -0.2) is 0 Å². The summed E-state index contributed by atoms with van der Waals surface area (Å²) < 4.78 is 35.7. The molecule has 0 heterocycles. The molecule has 0 saturated heterocycles. The van der Waals surface area contributed by atoms with E-state index in [0.717, 1.165) is 0 Å². The SMILES string of the molecule is O=[N+]([O-])c1ccc(Cl)c(CNCCCC(F)(F)F)c1. The average molecular weight is 297 g/mol. The van der Waals surface area contributed by atoms with Crippen LogP contribution in [0.1, 0.15) is 18.4 Å². The Morgan fingerprint density at radius 2 is 2.05 bits per heavy atom. The third-order valence-electron chi connectivity index (χ3n) is 2.37. The number of nitro benzene ring substituents is 1. The molecule has 0 bridgehead atoms. The summed E-state index contributed by atoms with van der Waals surface area (Å²) in [7, 11) is 0. The first-order valence-corrected chi connectivity index (χ1v) is 5.87. The average Bonchev–Trinajstić information content (AvgIpc) is 2.29. The molecule has 0 radical (unpaired) electrons. The second kappa shape index (κ2) is 6.72. The van der Waals surface area contributed by atoms with Crippen LogP contribution in [0, 0.1) is 10.1 Å². The summed E-state index contributed by atoms with van der Waals surface area (Å²) in [4.78, 5) is 10.0. The summed E-state index contributed by atoms with van der Waals surface area (Å²) in [5, 5.41) is 13.7. The molecule has 0 aliphatic carbocycles. The lowest BCUT2D eigenvalue weighted by Crippen LogP contribution is -2.18. The molecule has 1 aromatic rings. The highest BCUT2D eigenvalue weighted by Gasteiger charge is 2.25. The molecule has 1 aromatic carbocycles. The van der Waals surface area contributed by atoms with E-state index in [-0.39, 0.29) is 25.2 Å². The number of alkyl halides is 3. The molecular weight excluding hydrogens is 285 g/mol. The zero-order chi connectivity index (χ0) is 14.5. The van der Waals surface area contributed by atoms with E-state index in [1.807, 2.05) is 0 Å². The second-order valence-electron chi connectivity index (χ2n) is 3.93. The summed E-state index contributed by atoms with van der Waals surface area (Å²) >= 11 is 5.84. The third-order valence-corrected chi connectivity index (χ3v) is 2.74. The van der Waals surface area contributed by atoms with Crippen molar-refractivity contribution in [2.45, 2.75) is 25.6 Å². The number of rotatable bonds is 6. The Hall–Kier alpha value is -1.34. The first kappa shape index (κ1) is 15.7. The Labute approximate surface area is 112 Å². The summed E-state index contributed by atoms with van der Waals surface area (Å²) in [6, 6.07) is 3.97. The topological polar surface area (TPSA) is 55.2 Å². The lowest BCUT2D eigenvalue weighted by molar-refractivity contribution is -0.384. The maximum Gasteiger partial charge on any atom is 0.389 e. The van der Waals surface area contributed by atoms with Gasteiger partial charge in [0.25, 0.3) is 5.69 Å². The van der Waals surface area contributed by atoms with Crippen LogP contribution in [0.25, 0.3) is 0 Å². The molecule has 0 amide bonds. The van der Waals surface area contributed by atoms with E-state index in [1.54, 1.807) is 0 Å². The van der Waals surface area contributed by atoms with E-state index in [1.165, 1.54) is 18.2 Å². The van der Waals surface area contributed by atoms with Crippen molar-refractivity contribution in [2.24, 2.45) is 0 Å². The monoisotopic (exact) mass is 296 g/mol. The highest BCUT2D eigenvalue weighted by molar-refractivity contribution is 6.31. The van der Waals surface area contributed by atoms with E-state index in [4.69, 9.17) is 11.6 Å². The molecule has 0 aliphatic rings. The van der Waals surface area contributed by atoms with E-state index < -0.39 is 17.5 Å². The predicted molar refractivity (Wildman–Crippen MR) is 65.1 cm³/mol. The van der Waals surface area contributed by atoms with Gasteiger partial charge in [0.15, 0.2) is 0 Å². The Morgan fingerprint density at radius 1 is 1.37 bits per heavy atom. The van der Waals surface area contributed by atoms with Gasteiger partial charge in [0, 0.05) is 30.1 Å². The summed E-state index contributed by atoms with van der Waals surface area (Å²) in [6.07, 6.45) is -5.07. The van der Waals surface area contributed by atoms with Crippen molar-refractivity contribution < 1.29 is 18.1 Å². The Kier molecular flexibility index (Phi) is 5.56. The van der Waals surface area contributed by atoms with Crippen molar-refractivity contribution in [3.63, 3.8) is 0 Å². The fourth-order valence-corrected chi connectivity index (χ4v) is 1.63. The van der Waals surface area contributed by atoms with Gasteiger partial charge in [0.2, 0.25) is 0 Å². The Morgan fingerprint density at radius 3 is 2.63 bits per heavy atom. The molecule has 4 nitrogen and oxygen atoms in total. The van der Waals surface area contributed by atoms with Crippen molar-refractivity contribution in [2.75, 3.05) is 6.54 Å². The minimum absolute atomic E-state index is 0.0456. The van der Waals surface area contributed by atoms with Crippen molar-refractivity contribution in [1.29, 1.82) is 0 Å². The van der Waals surface area contributed by atoms with Gasteiger partial charge in [-0.2, -0.15) is 13.2 Å². The van der Waals surface area contributed by atoms with Gasteiger partial charge in [0.05, 0.1) is 4.92 Å². The molecule has 0 spiro atoms. The molecule has 1 N–H and O–H groups in total. The van der Waals surface area contributed by atoms with E-state index in [9.17, 15) is 23.3 Å². The highest BCUT2D eigenvalue weighted by atomic mass is 35.5. The fourth-order valence-electron chi connectivity index (χ4n) is 1.45. The van der Waals surface area contributed by atoms with Crippen molar-refractivity contribution in [1.82, 2.24) is 5.32 Å². The molecule has 19 heavy (non-hydrogen) atoms. The number of halogens is 4. The highest BCUT2D eigenvalue weighted by Crippen LogP contribution is 2.22. The quantitative estimate of drug-likeness (QED) is 0.495. The first-order chi connectivity index (χ1) is 8.79. The number of hydrogen-bond donors (Lipinski definition) is 1. The van der Waals surface area contributed by atoms with E-state index in [0.29, 0.717) is 10.6 Å². The van der Waals surface area contributed by atoms with Crippen LogP contribution in [0.5, 0.6) is 0 Å². The zero-order valence-electron chi connectivity index (χ0n) is 9.84. The molecule has 106 valence electrons. The molecule has 0 aromatic heterocycles. The number of non-ortho nitro benzene ring substituents is 1. The lowest BCUT2D eigenvalue weighted by Gasteiger charge is -2.08. The van der Waals surface area contributed by atoms with Gasteiger partial charge >= 0.3 is 6.18 Å². The van der Waals surface area contributed by atoms with Crippen LogP contribution in [-0.4, -0.2) is 17.6 Å². The minimum atomic E-state index is -4.16. The zero-order valence-corrected chi connectivity index (χ0v) is 10.6. The van der Waals surface area contributed by atoms with Gasteiger partial charge in [-0.05, 0) is 24.6 Å². The summed E-state index contributed by atoms with van der Waals surface area (Å²) in [5.41, 5.74) is 0.388. The molecule has 1 rings (SSSR count). The fraction of sp³-hybridized carbons (Fsp3) is 0.455. The second-order valence-corrected chi connectivity index (χ2v) is 4.34. The number of nitrogens with zero attached hydrogens (tertiary/aromatic N) is 1. The van der Waals surface area contributed by atoms with Crippen molar-refractivity contribution >= 4 is 17.3 Å². The van der Waals surface area contributed by atoms with Crippen molar-refractivity contribution in [3.8, 4) is 0 Å². The van der Waals surface area contributed by atoms with E-state index in [2.05, 4.69) is 5.32 Å². The minimum Gasteiger partial charge on any atom is -0.313 e. The number of benzene rings is 1. The number of nitrogens with one attached hydrogen (secondary N) is 1.